The summed E-state index contributed by atoms with van der Waals surface area (Å²) in [6, 6.07) is 35.2. The second-order valence-electron chi connectivity index (χ2n) is 6.68. The van der Waals surface area contributed by atoms with Crippen molar-refractivity contribution in [2.75, 3.05) is 7.11 Å². The Morgan fingerprint density at radius 3 is 1.93 bits per heavy atom. The van der Waals surface area contributed by atoms with Gasteiger partial charge in [-0.2, -0.15) is 30.3 Å². The normalized spacial score (nSPS) is 11.9. The molecule has 0 bridgehead atoms. The van der Waals surface area contributed by atoms with Gasteiger partial charge in [-0.05, 0) is 29.8 Å². The minimum Gasteiger partial charge on any atom is -0.497 e. The first-order valence-electron chi connectivity index (χ1n) is 9.29. The predicted molar refractivity (Wildman–Crippen MR) is 114 cm³/mol. The molecular formula is C26H24FeO2. The van der Waals surface area contributed by atoms with Crippen LogP contribution in [0, 0.1) is 0 Å². The molecule has 2 nitrogen and oxygen atoms in total. The van der Waals surface area contributed by atoms with Gasteiger partial charge in [0.05, 0.1) is 7.11 Å². The SMILES string of the molecule is COc1ccc(C(=O)C(C)(c2ccccc2)[c-]2cccc2)cc1.[Fe+2].c1cc[cH-]c1. The molecule has 4 rings (SSSR count). The van der Waals surface area contributed by atoms with Crippen LogP contribution in [0.1, 0.15) is 28.4 Å². The number of ether oxygens (including phenoxy) is 1. The van der Waals surface area contributed by atoms with Crippen molar-refractivity contribution in [2.24, 2.45) is 0 Å². The van der Waals surface area contributed by atoms with Gasteiger partial charge in [0.25, 0.3) is 0 Å². The topological polar surface area (TPSA) is 26.3 Å². The molecule has 148 valence electrons. The van der Waals surface area contributed by atoms with Gasteiger partial charge in [0.2, 0.25) is 0 Å². The van der Waals surface area contributed by atoms with Crippen LogP contribution in [0.5, 0.6) is 5.75 Å². The number of rotatable bonds is 5. The molecule has 1 unspecified atom stereocenters. The van der Waals surface area contributed by atoms with E-state index in [1.165, 1.54) is 0 Å². The quantitative estimate of drug-likeness (QED) is 0.223. The number of hydrogen-bond acceptors (Lipinski definition) is 2. The minimum absolute atomic E-state index is 0. The van der Waals surface area contributed by atoms with E-state index in [0.29, 0.717) is 5.56 Å². The third-order valence-corrected chi connectivity index (χ3v) is 4.95. The van der Waals surface area contributed by atoms with Crippen molar-refractivity contribution in [3.8, 4) is 5.75 Å². The molecule has 3 heteroatoms. The zero-order chi connectivity index (χ0) is 19.8. The van der Waals surface area contributed by atoms with Crippen LogP contribution in [0.3, 0.4) is 0 Å². The molecule has 0 fully saturated rings. The molecule has 0 spiro atoms. The van der Waals surface area contributed by atoms with Gasteiger partial charge in [-0.3, -0.25) is 4.79 Å². The second-order valence-corrected chi connectivity index (χ2v) is 6.68. The summed E-state index contributed by atoms with van der Waals surface area (Å²) in [4.78, 5) is 13.3. The molecule has 29 heavy (non-hydrogen) atoms. The molecule has 0 aliphatic carbocycles. The molecule has 0 radical (unpaired) electrons. The molecule has 0 heterocycles. The maximum atomic E-state index is 13.3. The molecule has 0 amide bonds. The number of benzene rings is 2. The van der Waals surface area contributed by atoms with Gasteiger partial charge in [0.15, 0.2) is 5.78 Å². The van der Waals surface area contributed by atoms with Crippen molar-refractivity contribution >= 4 is 5.78 Å². The smallest absolute Gasteiger partial charge is 0.497 e. The Morgan fingerprint density at radius 2 is 1.45 bits per heavy atom. The summed E-state index contributed by atoms with van der Waals surface area (Å²) in [6.07, 6.45) is 0. The van der Waals surface area contributed by atoms with E-state index in [1.54, 1.807) is 7.11 Å². The Bertz CT molecular complexity index is 938. The van der Waals surface area contributed by atoms with Crippen molar-refractivity contribution in [3.63, 3.8) is 0 Å². The number of Topliss-reactive ketones (excluding diaryl/α,β-unsaturated/α-hetero) is 1. The largest absolute Gasteiger partial charge is 2.00 e. The zero-order valence-corrected chi connectivity index (χ0v) is 17.7. The number of hydrogen-bond donors (Lipinski definition) is 0. The van der Waals surface area contributed by atoms with E-state index in [4.69, 9.17) is 4.74 Å². The molecule has 4 aromatic rings. The molecule has 1 atom stereocenters. The standard InChI is InChI=1S/C21H19O2.C5H5.Fe/c1-21(18-10-6-7-11-18,17-8-4-3-5-9-17)20(22)16-12-14-19(23-2)15-13-16;1-2-4-5-3-1;/h3-15H,1-2H3;1-5H;/q2*-1;+2. The van der Waals surface area contributed by atoms with Gasteiger partial charge in [0.1, 0.15) is 5.75 Å². The second kappa shape index (κ2) is 10.6. The van der Waals surface area contributed by atoms with Gasteiger partial charge in [-0.1, -0.05) is 37.3 Å². The number of methoxy groups -OCH3 is 1. The summed E-state index contributed by atoms with van der Waals surface area (Å²) in [7, 11) is 1.62. The Kier molecular flexibility index (Phi) is 8.20. The van der Waals surface area contributed by atoms with Crippen molar-refractivity contribution in [3.05, 3.63) is 126 Å². The van der Waals surface area contributed by atoms with Crippen LogP contribution >= 0.6 is 0 Å². The van der Waals surface area contributed by atoms with Gasteiger partial charge >= 0.3 is 17.1 Å². The third kappa shape index (κ3) is 5.14. The van der Waals surface area contributed by atoms with Crippen molar-refractivity contribution in [2.45, 2.75) is 12.3 Å². The average molecular weight is 424 g/mol. The Labute approximate surface area is 183 Å². The fraction of sp³-hybridized carbons (Fsp3) is 0.115. The van der Waals surface area contributed by atoms with E-state index < -0.39 is 5.41 Å². The zero-order valence-electron chi connectivity index (χ0n) is 16.6. The molecule has 0 aliphatic heterocycles. The molecule has 0 saturated carbocycles. The minimum atomic E-state index is -0.709. The number of carbonyl (C=O) groups excluding carboxylic acids is 1. The molecule has 0 saturated heterocycles. The molecule has 0 N–H and O–H groups in total. The van der Waals surface area contributed by atoms with E-state index in [-0.39, 0.29) is 22.9 Å². The Morgan fingerprint density at radius 1 is 0.862 bits per heavy atom. The summed E-state index contributed by atoms with van der Waals surface area (Å²) in [5.41, 5.74) is 1.97. The van der Waals surface area contributed by atoms with Gasteiger partial charge in [0, 0.05) is 11.0 Å². The third-order valence-electron chi connectivity index (χ3n) is 4.95. The molecule has 0 aliphatic rings. The van der Waals surface area contributed by atoms with Gasteiger partial charge in [-0.15, -0.1) is 5.56 Å². The van der Waals surface area contributed by atoms with Crippen LogP contribution in [0.25, 0.3) is 0 Å². The van der Waals surface area contributed by atoms with Crippen LogP contribution in [-0.2, 0) is 22.5 Å². The van der Waals surface area contributed by atoms with E-state index in [9.17, 15) is 4.79 Å². The summed E-state index contributed by atoms with van der Waals surface area (Å²) < 4.78 is 5.18. The van der Waals surface area contributed by atoms with Gasteiger partial charge < -0.3 is 4.74 Å². The maximum absolute atomic E-state index is 13.3. The molecule has 4 aromatic carbocycles. The number of ketones is 1. The first-order valence-corrected chi connectivity index (χ1v) is 9.29. The van der Waals surface area contributed by atoms with Crippen LogP contribution < -0.4 is 4.74 Å². The van der Waals surface area contributed by atoms with Crippen molar-refractivity contribution in [1.29, 1.82) is 0 Å². The van der Waals surface area contributed by atoms with Crippen LogP contribution in [0.15, 0.2) is 109 Å². The first-order chi connectivity index (χ1) is 13.7. The van der Waals surface area contributed by atoms with Crippen LogP contribution in [-0.4, -0.2) is 12.9 Å². The summed E-state index contributed by atoms with van der Waals surface area (Å²) in [6.45, 7) is 1.99. The van der Waals surface area contributed by atoms with E-state index >= 15 is 0 Å². The maximum Gasteiger partial charge on any atom is 2.00 e. The summed E-state index contributed by atoms with van der Waals surface area (Å²) in [5.74, 6) is 0.828. The van der Waals surface area contributed by atoms with Crippen molar-refractivity contribution in [1.82, 2.24) is 0 Å². The van der Waals surface area contributed by atoms with E-state index in [0.717, 1.165) is 16.9 Å². The Hall–Kier alpha value is -2.87. The predicted octanol–water partition coefficient (Wildman–Crippen LogP) is 6.01. The van der Waals surface area contributed by atoms with Crippen LogP contribution in [0.4, 0.5) is 0 Å². The summed E-state index contributed by atoms with van der Waals surface area (Å²) >= 11 is 0. The average Bonchev–Trinajstić information content (AvgIpc) is 3.50. The van der Waals surface area contributed by atoms with E-state index in [1.807, 2.05) is 116 Å². The Balaban J connectivity index is 0.000000437. The number of carbonyl (C=O) groups is 1. The first kappa shape index (κ1) is 22.4. The molecule has 0 aromatic heterocycles. The fourth-order valence-electron chi connectivity index (χ4n) is 3.26. The van der Waals surface area contributed by atoms with Crippen molar-refractivity contribution < 1.29 is 26.6 Å². The van der Waals surface area contributed by atoms with Gasteiger partial charge in [-0.25, -0.2) is 24.3 Å². The molecular weight excluding hydrogens is 400 g/mol. The van der Waals surface area contributed by atoms with Crippen LogP contribution in [0.2, 0.25) is 0 Å². The summed E-state index contributed by atoms with van der Waals surface area (Å²) in [5, 5.41) is 0. The van der Waals surface area contributed by atoms with E-state index in [2.05, 4.69) is 0 Å². The monoisotopic (exact) mass is 424 g/mol. The fourth-order valence-corrected chi connectivity index (χ4v) is 3.26.